The minimum Gasteiger partial charge on any atom is -0.298 e. The van der Waals surface area contributed by atoms with Gasteiger partial charge in [0.15, 0.2) is 6.29 Å². The Balaban J connectivity index is 3.62. The molecule has 1 aromatic rings. The molecule has 0 saturated carbocycles. The summed E-state index contributed by atoms with van der Waals surface area (Å²) >= 11 is 2.76. The molecule has 0 aliphatic rings. The molecule has 0 amide bonds. The molecule has 1 aromatic carbocycles. The Morgan fingerprint density at radius 1 is 1.06 bits per heavy atom. The highest BCUT2D eigenvalue weighted by Gasteiger charge is 2.39. The lowest BCUT2D eigenvalue weighted by molar-refractivity contribution is -0.143. The minimum absolute atomic E-state index is 0.0596. The molecule has 18 heavy (non-hydrogen) atoms. The van der Waals surface area contributed by atoms with Gasteiger partial charge in [0.1, 0.15) is 0 Å². The van der Waals surface area contributed by atoms with Gasteiger partial charge in [0, 0.05) is 10.9 Å². The number of aldehydes is 1. The molecular weight excluding hydrogens is 330 g/mol. The molecule has 1 rings (SSSR count). The summed E-state index contributed by atoms with van der Waals surface area (Å²) in [6, 6.07) is 0.462. The molecule has 0 bridgehead atoms. The lowest BCUT2D eigenvalue weighted by Crippen LogP contribution is -2.15. The topological polar surface area (TPSA) is 17.1 Å². The van der Waals surface area contributed by atoms with Crippen molar-refractivity contribution in [2.75, 3.05) is 0 Å². The summed E-state index contributed by atoms with van der Waals surface area (Å²) < 4.78 is 75.0. The molecule has 0 spiro atoms. The third-order valence-corrected chi connectivity index (χ3v) is 2.76. The molecule has 0 N–H and O–H groups in total. The van der Waals surface area contributed by atoms with Crippen LogP contribution in [0.25, 0.3) is 0 Å². The third kappa shape index (κ3) is 3.04. The fraction of sp³-hybridized carbons (Fsp3) is 0.300. The molecule has 0 atom stereocenters. The number of carbonyl (C=O) groups excluding carboxylic acids is 1. The van der Waals surface area contributed by atoms with Crippen molar-refractivity contribution in [1.29, 1.82) is 0 Å². The van der Waals surface area contributed by atoms with Gasteiger partial charge in [-0.25, -0.2) is 0 Å². The van der Waals surface area contributed by atoms with Gasteiger partial charge in [0.25, 0.3) is 0 Å². The largest absolute Gasteiger partial charge is 0.417 e. The highest BCUT2D eigenvalue weighted by molar-refractivity contribution is 9.08. The number of carbonyl (C=O) groups is 1. The van der Waals surface area contributed by atoms with E-state index in [0.717, 1.165) is 0 Å². The first kappa shape index (κ1) is 15.0. The van der Waals surface area contributed by atoms with E-state index >= 15 is 0 Å². The van der Waals surface area contributed by atoms with E-state index in [2.05, 4.69) is 15.9 Å². The molecule has 0 unspecified atom stereocenters. The molecule has 0 radical (unpaired) electrons. The van der Waals surface area contributed by atoms with Crippen molar-refractivity contribution >= 4 is 22.2 Å². The average molecular weight is 335 g/mol. The van der Waals surface area contributed by atoms with Gasteiger partial charge in [-0.3, -0.25) is 4.79 Å². The average Bonchev–Trinajstić information content (AvgIpc) is 2.24. The van der Waals surface area contributed by atoms with Crippen molar-refractivity contribution in [3.05, 3.63) is 34.4 Å². The van der Waals surface area contributed by atoms with E-state index in [9.17, 15) is 31.1 Å². The highest BCUT2D eigenvalue weighted by atomic mass is 79.9. The van der Waals surface area contributed by atoms with Crippen LogP contribution in [0.5, 0.6) is 0 Å². The Labute approximate surface area is 106 Å². The Morgan fingerprint density at radius 2 is 1.61 bits per heavy atom. The van der Waals surface area contributed by atoms with Crippen molar-refractivity contribution < 1.29 is 31.1 Å². The zero-order chi connectivity index (χ0) is 14.1. The van der Waals surface area contributed by atoms with Crippen LogP contribution < -0.4 is 0 Å². The first-order valence-corrected chi connectivity index (χ1v) is 5.56. The predicted octanol–water partition coefficient (Wildman–Crippen LogP) is 4.43. The van der Waals surface area contributed by atoms with E-state index in [1.54, 1.807) is 0 Å². The minimum atomic E-state index is -5.02. The standard InChI is InChI=1S/C10H5BrF6O/c11-3-5-1-6(9(12,13)14)2-8(7(5)4-18)10(15,16)17/h1-2,4H,3H2. The zero-order valence-corrected chi connectivity index (χ0v) is 10.1. The predicted molar refractivity (Wildman–Crippen MR) is 54.5 cm³/mol. The van der Waals surface area contributed by atoms with Crippen molar-refractivity contribution in [3.8, 4) is 0 Å². The van der Waals surface area contributed by atoms with Crippen LogP contribution in [0.1, 0.15) is 27.0 Å². The Bertz CT molecular complexity index is 463. The Hall–Kier alpha value is -1.05. The van der Waals surface area contributed by atoms with Crippen molar-refractivity contribution in [2.24, 2.45) is 0 Å². The van der Waals surface area contributed by atoms with Gasteiger partial charge >= 0.3 is 12.4 Å². The molecule has 8 heteroatoms. The summed E-state index contributed by atoms with van der Waals surface area (Å²) in [5.74, 6) is 0. The molecule has 0 aromatic heterocycles. The van der Waals surface area contributed by atoms with Gasteiger partial charge in [0.2, 0.25) is 0 Å². The van der Waals surface area contributed by atoms with E-state index < -0.39 is 29.0 Å². The number of halogens is 7. The van der Waals surface area contributed by atoms with Gasteiger partial charge in [-0.2, -0.15) is 26.3 Å². The zero-order valence-electron chi connectivity index (χ0n) is 8.49. The normalized spacial score (nSPS) is 12.6. The summed E-state index contributed by atoms with van der Waals surface area (Å²) in [7, 11) is 0. The quantitative estimate of drug-likeness (QED) is 0.444. The lowest BCUT2D eigenvalue weighted by Gasteiger charge is -2.16. The second-order valence-electron chi connectivity index (χ2n) is 3.34. The van der Waals surface area contributed by atoms with E-state index in [0.29, 0.717) is 6.07 Å². The number of hydrogen-bond acceptors (Lipinski definition) is 1. The smallest absolute Gasteiger partial charge is 0.298 e. The Morgan fingerprint density at radius 3 is 1.94 bits per heavy atom. The first-order chi connectivity index (χ1) is 8.11. The maximum Gasteiger partial charge on any atom is 0.417 e. The maximum absolute atomic E-state index is 12.6. The monoisotopic (exact) mass is 334 g/mol. The highest BCUT2D eigenvalue weighted by Crippen LogP contribution is 2.38. The van der Waals surface area contributed by atoms with E-state index in [4.69, 9.17) is 0 Å². The molecule has 0 aliphatic heterocycles. The molecule has 0 saturated heterocycles. The second kappa shape index (κ2) is 4.91. The van der Waals surface area contributed by atoms with Gasteiger partial charge in [-0.15, -0.1) is 0 Å². The van der Waals surface area contributed by atoms with Crippen LogP contribution >= 0.6 is 15.9 Å². The van der Waals surface area contributed by atoms with Crippen molar-refractivity contribution in [2.45, 2.75) is 17.7 Å². The summed E-state index contributed by atoms with van der Waals surface area (Å²) in [6.07, 6.45) is -10.0. The van der Waals surface area contributed by atoms with Gasteiger partial charge in [-0.1, -0.05) is 15.9 Å². The molecule has 0 heterocycles. The number of rotatable bonds is 2. The van der Waals surface area contributed by atoms with Gasteiger partial charge < -0.3 is 0 Å². The number of benzene rings is 1. The molecular formula is C10H5BrF6O. The summed E-state index contributed by atoms with van der Waals surface area (Å²) in [5, 5.41) is -0.284. The van der Waals surface area contributed by atoms with Crippen LogP contribution in [0.3, 0.4) is 0 Å². The fourth-order valence-corrected chi connectivity index (χ4v) is 1.83. The summed E-state index contributed by atoms with van der Waals surface area (Å²) in [4.78, 5) is 10.6. The third-order valence-electron chi connectivity index (χ3n) is 2.16. The van der Waals surface area contributed by atoms with Gasteiger partial charge in [0.05, 0.1) is 11.1 Å². The van der Waals surface area contributed by atoms with E-state index in [1.807, 2.05) is 0 Å². The molecule has 0 fully saturated rings. The van der Waals surface area contributed by atoms with E-state index in [1.165, 1.54) is 0 Å². The van der Waals surface area contributed by atoms with E-state index in [-0.39, 0.29) is 23.2 Å². The van der Waals surface area contributed by atoms with Crippen molar-refractivity contribution in [1.82, 2.24) is 0 Å². The van der Waals surface area contributed by atoms with Crippen LogP contribution in [-0.4, -0.2) is 6.29 Å². The first-order valence-electron chi connectivity index (χ1n) is 4.43. The number of hydrogen-bond donors (Lipinski definition) is 0. The SMILES string of the molecule is O=Cc1c(CBr)cc(C(F)(F)F)cc1C(F)(F)F. The fourth-order valence-electron chi connectivity index (χ4n) is 1.36. The Kier molecular flexibility index (Phi) is 4.09. The summed E-state index contributed by atoms with van der Waals surface area (Å²) in [5.41, 5.74) is -4.16. The van der Waals surface area contributed by atoms with Gasteiger partial charge in [-0.05, 0) is 17.7 Å². The lowest BCUT2D eigenvalue weighted by atomic mass is 9.98. The van der Waals surface area contributed by atoms with Crippen LogP contribution in [0.15, 0.2) is 12.1 Å². The number of alkyl halides is 7. The van der Waals surface area contributed by atoms with Crippen LogP contribution in [0.4, 0.5) is 26.3 Å². The molecule has 0 aliphatic carbocycles. The van der Waals surface area contributed by atoms with Crippen LogP contribution in [0.2, 0.25) is 0 Å². The van der Waals surface area contributed by atoms with Crippen LogP contribution in [-0.2, 0) is 17.7 Å². The van der Waals surface area contributed by atoms with Crippen molar-refractivity contribution in [3.63, 3.8) is 0 Å². The second-order valence-corrected chi connectivity index (χ2v) is 3.90. The molecule has 1 nitrogen and oxygen atoms in total. The maximum atomic E-state index is 12.6. The summed E-state index contributed by atoms with van der Waals surface area (Å²) in [6.45, 7) is 0. The van der Waals surface area contributed by atoms with Crippen LogP contribution in [0, 0.1) is 0 Å². The molecule has 100 valence electrons.